The minimum atomic E-state index is -0.998. The Bertz CT molecular complexity index is 1030. The summed E-state index contributed by atoms with van der Waals surface area (Å²) in [5.41, 5.74) is 2.41. The molecule has 29 heavy (non-hydrogen) atoms. The van der Waals surface area contributed by atoms with Gasteiger partial charge in [0.25, 0.3) is 11.7 Å². The van der Waals surface area contributed by atoms with E-state index in [0.29, 0.717) is 0 Å². The summed E-state index contributed by atoms with van der Waals surface area (Å²) in [4.78, 5) is 35.7. The minimum Gasteiger partial charge on any atom is -0.444 e. The van der Waals surface area contributed by atoms with Crippen molar-refractivity contribution in [2.75, 3.05) is 5.32 Å². The molecule has 2 amide bonds. The molecule has 0 fully saturated rings. The van der Waals surface area contributed by atoms with E-state index in [2.05, 4.69) is 27.4 Å². The molecule has 1 aromatic heterocycles. The molecule has 8 heteroatoms. The highest BCUT2D eigenvalue weighted by Crippen LogP contribution is 2.20. The first kappa shape index (κ1) is 19.6. The molecule has 8 nitrogen and oxygen atoms in total. The number of Topliss-reactive ketones (excluding diaryl/α,β-unsaturated/α-hetero) is 1. The van der Waals surface area contributed by atoms with Crippen molar-refractivity contribution in [3.05, 3.63) is 84.7 Å². The Kier molecular flexibility index (Phi) is 6.16. The summed E-state index contributed by atoms with van der Waals surface area (Å²) >= 11 is 0. The van der Waals surface area contributed by atoms with Gasteiger partial charge in [-0.2, -0.15) is 5.10 Å². The van der Waals surface area contributed by atoms with Crippen LogP contribution >= 0.6 is 0 Å². The van der Waals surface area contributed by atoms with Crippen molar-refractivity contribution < 1.29 is 19.1 Å². The molecule has 0 saturated heterocycles. The summed E-state index contributed by atoms with van der Waals surface area (Å²) < 4.78 is 5.11. The number of carbonyl (C=O) groups excluding carboxylic acids is 3. The van der Waals surface area contributed by atoms with Crippen molar-refractivity contribution in [3.8, 4) is 11.1 Å². The van der Waals surface area contributed by atoms with Gasteiger partial charge in [-0.3, -0.25) is 20.0 Å². The van der Waals surface area contributed by atoms with Gasteiger partial charge in [0.1, 0.15) is 12.4 Å². The first-order valence-electron chi connectivity index (χ1n) is 8.65. The van der Waals surface area contributed by atoms with Crippen molar-refractivity contribution in [2.24, 2.45) is 0 Å². The van der Waals surface area contributed by atoms with Gasteiger partial charge < -0.3 is 10.1 Å². The van der Waals surface area contributed by atoms with Crippen LogP contribution in [0.1, 0.15) is 5.56 Å². The maximum Gasteiger partial charge on any atom is 0.412 e. The van der Waals surface area contributed by atoms with Gasteiger partial charge >= 0.3 is 6.09 Å². The number of carbonyl (C=O) groups is 3. The fourth-order valence-corrected chi connectivity index (χ4v) is 2.48. The van der Waals surface area contributed by atoms with E-state index in [1.165, 1.54) is 12.3 Å². The summed E-state index contributed by atoms with van der Waals surface area (Å²) in [6.45, 7) is 3.40. The highest BCUT2D eigenvalue weighted by Gasteiger charge is 2.20. The second kappa shape index (κ2) is 9.14. The van der Waals surface area contributed by atoms with Gasteiger partial charge in [0.05, 0.1) is 11.9 Å². The van der Waals surface area contributed by atoms with E-state index in [-0.39, 0.29) is 12.4 Å². The molecular weight excluding hydrogens is 372 g/mol. The normalized spacial score (nSPS) is 10.1. The van der Waals surface area contributed by atoms with Crippen LogP contribution in [0.3, 0.4) is 0 Å². The Labute approximate surface area is 166 Å². The van der Waals surface area contributed by atoms with Crippen molar-refractivity contribution in [1.29, 1.82) is 0 Å². The number of hydrogen-bond acceptors (Lipinski definition) is 5. The van der Waals surface area contributed by atoms with Crippen molar-refractivity contribution >= 4 is 23.6 Å². The van der Waals surface area contributed by atoms with Gasteiger partial charge in [0, 0.05) is 6.07 Å². The van der Waals surface area contributed by atoms with Crippen LogP contribution in [0, 0.1) is 0 Å². The van der Waals surface area contributed by atoms with E-state index >= 15 is 0 Å². The van der Waals surface area contributed by atoms with E-state index in [1.807, 2.05) is 54.6 Å². The van der Waals surface area contributed by atoms with Gasteiger partial charge in [-0.1, -0.05) is 55.1 Å². The highest BCUT2D eigenvalue weighted by molar-refractivity contribution is 6.46. The third kappa shape index (κ3) is 5.39. The first-order valence-corrected chi connectivity index (χ1v) is 8.65. The van der Waals surface area contributed by atoms with Crippen LogP contribution < -0.4 is 10.6 Å². The number of alkyl carbamates (subject to hydrolysis) is 1. The Balaban J connectivity index is 1.51. The average molecular weight is 390 g/mol. The van der Waals surface area contributed by atoms with Gasteiger partial charge in [-0.25, -0.2) is 4.79 Å². The molecule has 0 aliphatic carbocycles. The quantitative estimate of drug-likeness (QED) is 0.424. The van der Waals surface area contributed by atoms with E-state index in [0.717, 1.165) is 16.7 Å². The van der Waals surface area contributed by atoms with Crippen LogP contribution in [0.25, 0.3) is 11.1 Å². The smallest absolute Gasteiger partial charge is 0.412 e. The lowest BCUT2D eigenvalue weighted by Crippen LogP contribution is -2.33. The van der Waals surface area contributed by atoms with Gasteiger partial charge in [0.2, 0.25) is 0 Å². The van der Waals surface area contributed by atoms with Gasteiger partial charge in [0.15, 0.2) is 0 Å². The Morgan fingerprint density at radius 2 is 1.76 bits per heavy atom. The fraction of sp³-hybridized carbons (Fsp3) is 0.0476. The highest BCUT2D eigenvalue weighted by atomic mass is 16.5. The fourth-order valence-electron chi connectivity index (χ4n) is 2.48. The number of ether oxygens (including phenoxy) is 1. The molecule has 0 unspecified atom stereocenters. The maximum absolute atomic E-state index is 12.0. The van der Waals surface area contributed by atoms with Crippen LogP contribution in [0.15, 0.2) is 79.1 Å². The topological polar surface area (TPSA) is 113 Å². The third-order valence-electron chi connectivity index (χ3n) is 3.89. The number of benzene rings is 2. The zero-order chi connectivity index (χ0) is 20.6. The maximum atomic E-state index is 12.0. The number of H-pyrrole nitrogens is 1. The molecule has 0 saturated carbocycles. The summed E-state index contributed by atoms with van der Waals surface area (Å²) in [5, 5.41) is 10.6. The minimum absolute atomic E-state index is 0.00564. The van der Waals surface area contributed by atoms with Crippen LogP contribution in [0.4, 0.5) is 10.6 Å². The van der Waals surface area contributed by atoms with Crippen molar-refractivity contribution in [1.82, 2.24) is 15.5 Å². The van der Waals surface area contributed by atoms with E-state index in [4.69, 9.17) is 4.74 Å². The van der Waals surface area contributed by atoms with Crippen LogP contribution in [0.2, 0.25) is 0 Å². The molecular formula is C21H18N4O4. The zero-order valence-electron chi connectivity index (χ0n) is 15.3. The molecule has 2 aromatic carbocycles. The third-order valence-corrected chi connectivity index (χ3v) is 3.89. The number of rotatable bonds is 7. The molecule has 3 aromatic rings. The summed E-state index contributed by atoms with van der Waals surface area (Å²) in [6.07, 6.45) is 0.528. The summed E-state index contributed by atoms with van der Waals surface area (Å²) in [5.74, 6) is -1.71. The summed E-state index contributed by atoms with van der Waals surface area (Å²) in [7, 11) is 0. The molecule has 3 N–H and O–H groups in total. The lowest BCUT2D eigenvalue weighted by atomic mass is 10.0. The van der Waals surface area contributed by atoms with Crippen molar-refractivity contribution in [2.45, 2.75) is 6.61 Å². The predicted octanol–water partition coefficient (Wildman–Crippen LogP) is 3.02. The van der Waals surface area contributed by atoms with Gasteiger partial charge in [-0.15, -0.1) is 0 Å². The number of amides is 2. The molecule has 0 radical (unpaired) electrons. The number of hydrogen-bond donors (Lipinski definition) is 3. The Hall–Kier alpha value is -4.20. The molecule has 0 aliphatic rings. The number of anilines is 1. The van der Waals surface area contributed by atoms with E-state index < -0.39 is 23.5 Å². The van der Waals surface area contributed by atoms with Crippen molar-refractivity contribution in [3.63, 3.8) is 0 Å². The number of nitrogens with zero attached hydrogens (tertiary/aromatic N) is 1. The molecule has 0 aliphatic heterocycles. The standard InChI is InChI=1S/C21H18N4O4/c1-14(19(26)20(27)24-18-10-11-22-25-18)23-21(28)29-13-15-6-5-9-17(12-15)16-7-3-2-4-8-16/h2-12H,1,13H2,(H,23,28)(H2,22,24,25,27). The number of nitrogens with one attached hydrogen (secondary N) is 3. The zero-order valence-corrected chi connectivity index (χ0v) is 15.3. The first-order chi connectivity index (χ1) is 14.0. The molecule has 0 bridgehead atoms. The largest absolute Gasteiger partial charge is 0.444 e. The molecule has 146 valence electrons. The Morgan fingerprint density at radius 1 is 1.00 bits per heavy atom. The number of aromatic amines is 1. The molecule has 3 rings (SSSR count). The predicted molar refractivity (Wildman–Crippen MR) is 107 cm³/mol. The van der Waals surface area contributed by atoms with Crippen LogP contribution in [-0.4, -0.2) is 28.0 Å². The van der Waals surface area contributed by atoms with E-state index in [9.17, 15) is 14.4 Å². The van der Waals surface area contributed by atoms with Crippen LogP contribution in [0.5, 0.6) is 0 Å². The number of aromatic nitrogens is 2. The summed E-state index contributed by atoms with van der Waals surface area (Å²) in [6, 6.07) is 18.8. The Morgan fingerprint density at radius 3 is 2.48 bits per heavy atom. The molecule has 1 heterocycles. The van der Waals surface area contributed by atoms with Gasteiger partial charge in [-0.05, 0) is 22.8 Å². The van der Waals surface area contributed by atoms with Crippen LogP contribution in [-0.2, 0) is 20.9 Å². The average Bonchev–Trinajstić information content (AvgIpc) is 3.25. The SMILES string of the molecule is C=C(NC(=O)OCc1cccc(-c2ccccc2)c1)C(=O)C(=O)Nc1ccn[nH]1. The lowest BCUT2D eigenvalue weighted by Gasteiger charge is -2.09. The monoisotopic (exact) mass is 390 g/mol. The van der Waals surface area contributed by atoms with E-state index in [1.54, 1.807) is 0 Å². The second-order valence-electron chi connectivity index (χ2n) is 6.00. The number of ketones is 1. The molecule has 0 spiro atoms. The lowest BCUT2D eigenvalue weighted by molar-refractivity contribution is -0.132. The second-order valence-corrected chi connectivity index (χ2v) is 6.00. The molecule has 0 atom stereocenters.